The molecule has 1 saturated carbocycles. The average Bonchev–Trinajstić information content (AvgIpc) is 3.01. The van der Waals surface area contributed by atoms with Crippen LogP contribution >= 0.6 is 11.8 Å². The van der Waals surface area contributed by atoms with E-state index >= 15 is 0 Å². The highest BCUT2D eigenvalue weighted by Gasteiger charge is 2.60. The number of rotatable bonds is 7. The molecule has 3 aliphatic rings. The molecule has 0 radical (unpaired) electrons. The summed E-state index contributed by atoms with van der Waals surface area (Å²) in [5.74, 6) is 3.15. The number of nitrogens with one attached hydrogen (secondary N) is 1. The zero-order chi connectivity index (χ0) is 20.0. The van der Waals surface area contributed by atoms with E-state index in [1.54, 1.807) is 6.07 Å². The molecule has 8 heteroatoms. The largest absolute Gasteiger partial charge is 0.440 e. The van der Waals surface area contributed by atoms with Gasteiger partial charge in [0.1, 0.15) is 5.82 Å². The minimum atomic E-state index is -0.118. The number of oxazole rings is 1. The van der Waals surface area contributed by atoms with Crippen molar-refractivity contribution in [3.05, 3.63) is 53.5 Å². The Balaban J connectivity index is 1.08. The fourth-order valence-electron chi connectivity index (χ4n) is 4.75. The van der Waals surface area contributed by atoms with Crippen molar-refractivity contribution in [3.8, 4) is 0 Å². The Morgan fingerprint density at radius 3 is 3.10 bits per heavy atom. The predicted molar refractivity (Wildman–Crippen MR) is 112 cm³/mol. The lowest BCUT2D eigenvalue weighted by Crippen LogP contribution is -2.35. The van der Waals surface area contributed by atoms with Gasteiger partial charge in [-0.25, -0.2) is 9.37 Å². The number of hydrogen-bond donors (Lipinski definition) is 1. The molecule has 6 nitrogen and oxygen atoms in total. The van der Waals surface area contributed by atoms with Crippen molar-refractivity contribution < 1.29 is 8.81 Å². The van der Waals surface area contributed by atoms with Gasteiger partial charge >= 0.3 is 0 Å². The SMILES string of the molecule is Cc1ncoc1C1=NNC(SCCCN2CC3CC3(c3cccc(F)c3)C2)N1C. The van der Waals surface area contributed by atoms with E-state index in [-0.39, 0.29) is 16.7 Å². The number of benzene rings is 1. The molecule has 0 bridgehead atoms. The summed E-state index contributed by atoms with van der Waals surface area (Å²) in [6.07, 6.45) is 3.79. The average molecular weight is 416 g/mol. The predicted octanol–water partition coefficient (Wildman–Crippen LogP) is 3.00. The zero-order valence-electron chi connectivity index (χ0n) is 16.8. The summed E-state index contributed by atoms with van der Waals surface area (Å²) in [7, 11) is 2.02. The van der Waals surface area contributed by atoms with Gasteiger partial charge in [-0.05, 0) is 55.7 Å². The number of hydrogen-bond acceptors (Lipinski definition) is 7. The van der Waals surface area contributed by atoms with Crippen LogP contribution in [-0.4, -0.2) is 58.6 Å². The number of likely N-dealkylation sites (tertiary alicyclic amines) is 1. The Kier molecular flexibility index (Phi) is 4.78. The third-order valence-electron chi connectivity index (χ3n) is 6.43. The van der Waals surface area contributed by atoms with E-state index < -0.39 is 0 Å². The van der Waals surface area contributed by atoms with Crippen molar-refractivity contribution in [3.63, 3.8) is 0 Å². The number of fused-ring (bicyclic) bond motifs is 1. The molecule has 1 aliphatic carbocycles. The molecule has 2 aliphatic heterocycles. The van der Waals surface area contributed by atoms with Gasteiger partial charge in [0.15, 0.2) is 23.5 Å². The second kappa shape index (κ2) is 7.32. The molecule has 2 fully saturated rings. The van der Waals surface area contributed by atoms with Crippen molar-refractivity contribution >= 4 is 17.6 Å². The highest BCUT2D eigenvalue weighted by molar-refractivity contribution is 7.99. The summed E-state index contributed by atoms with van der Waals surface area (Å²) >= 11 is 1.85. The van der Waals surface area contributed by atoms with E-state index in [1.807, 2.05) is 31.8 Å². The molecule has 0 spiro atoms. The molecule has 1 saturated heterocycles. The van der Waals surface area contributed by atoms with Gasteiger partial charge in [0, 0.05) is 25.6 Å². The van der Waals surface area contributed by atoms with Gasteiger partial charge in [-0.1, -0.05) is 12.1 Å². The van der Waals surface area contributed by atoms with Crippen LogP contribution in [0.1, 0.15) is 29.9 Å². The number of aryl methyl sites for hydroxylation is 1. The second-order valence-electron chi connectivity index (χ2n) is 8.32. The van der Waals surface area contributed by atoms with E-state index in [0.29, 0.717) is 5.92 Å². The van der Waals surface area contributed by atoms with E-state index in [9.17, 15) is 4.39 Å². The van der Waals surface area contributed by atoms with Crippen LogP contribution in [0.25, 0.3) is 0 Å². The van der Waals surface area contributed by atoms with E-state index in [0.717, 1.165) is 49.1 Å². The number of halogens is 1. The number of piperidine rings is 1. The van der Waals surface area contributed by atoms with Gasteiger partial charge in [-0.3, -0.25) is 5.43 Å². The molecule has 1 N–H and O–H groups in total. The first-order valence-electron chi connectivity index (χ1n) is 10.1. The van der Waals surface area contributed by atoms with Crippen LogP contribution in [0.2, 0.25) is 0 Å². The monoisotopic (exact) mass is 415 g/mol. The second-order valence-corrected chi connectivity index (χ2v) is 9.51. The van der Waals surface area contributed by atoms with Crippen molar-refractivity contribution in [2.24, 2.45) is 11.0 Å². The van der Waals surface area contributed by atoms with Gasteiger partial charge < -0.3 is 14.2 Å². The van der Waals surface area contributed by atoms with Gasteiger partial charge in [-0.15, -0.1) is 11.8 Å². The highest BCUT2D eigenvalue weighted by atomic mass is 32.2. The van der Waals surface area contributed by atoms with E-state index in [4.69, 9.17) is 4.42 Å². The molecular formula is C21H26FN5OS. The first-order chi connectivity index (χ1) is 14.1. The van der Waals surface area contributed by atoms with Gasteiger partial charge in [0.25, 0.3) is 0 Å². The number of amidine groups is 1. The fourth-order valence-corrected chi connectivity index (χ4v) is 5.72. The Morgan fingerprint density at radius 2 is 2.31 bits per heavy atom. The normalized spacial score (nSPS) is 28.4. The van der Waals surface area contributed by atoms with Crippen LogP contribution in [0.3, 0.4) is 0 Å². The molecule has 29 heavy (non-hydrogen) atoms. The quantitative estimate of drug-likeness (QED) is 0.702. The summed E-state index contributed by atoms with van der Waals surface area (Å²) < 4.78 is 19.1. The molecule has 154 valence electrons. The lowest BCUT2D eigenvalue weighted by molar-refractivity contribution is 0.299. The van der Waals surface area contributed by atoms with Crippen molar-refractivity contribution in [1.29, 1.82) is 0 Å². The molecule has 1 aromatic heterocycles. The summed E-state index contributed by atoms with van der Waals surface area (Å²) in [6, 6.07) is 7.21. The van der Waals surface area contributed by atoms with Crippen molar-refractivity contribution in [1.82, 2.24) is 20.2 Å². The third kappa shape index (κ3) is 3.42. The van der Waals surface area contributed by atoms with Crippen molar-refractivity contribution in [2.45, 2.75) is 30.7 Å². The number of thioether (sulfide) groups is 1. The van der Waals surface area contributed by atoms with Gasteiger partial charge in [0.05, 0.1) is 5.69 Å². The Labute approximate surface area is 174 Å². The standard InChI is InChI=1S/C21H26FN5OS/c1-14-18(28-13-23-14)19-24-25-20(26(19)2)29-8-4-7-27-11-16-10-21(16,12-27)15-5-3-6-17(22)9-15/h3,5-6,9,13,16,20,25H,4,7-8,10-12H2,1-2H3. The van der Waals surface area contributed by atoms with Crippen LogP contribution in [0.5, 0.6) is 0 Å². The molecular weight excluding hydrogens is 389 g/mol. The maximum atomic E-state index is 13.6. The van der Waals surface area contributed by atoms with Crippen LogP contribution < -0.4 is 5.43 Å². The Morgan fingerprint density at radius 1 is 1.41 bits per heavy atom. The number of nitrogens with zero attached hydrogens (tertiary/aromatic N) is 4. The van der Waals surface area contributed by atoms with Crippen LogP contribution in [-0.2, 0) is 5.41 Å². The number of hydrazone groups is 1. The summed E-state index contributed by atoms with van der Waals surface area (Å²) in [6.45, 7) is 5.21. The van der Waals surface area contributed by atoms with Crippen LogP contribution in [0.4, 0.5) is 4.39 Å². The number of aromatic nitrogens is 1. The molecule has 3 unspecified atom stereocenters. The van der Waals surface area contributed by atoms with Gasteiger partial charge in [0.2, 0.25) is 0 Å². The first kappa shape index (κ1) is 18.9. The van der Waals surface area contributed by atoms with E-state index in [2.05, 4.69) is 31.4 Å². The topological polar surface area (TPSA) is 56.9 Å². The molecule has 5 rings (SSSR count). The molecule has 2 aromatic rings. The fraction of sp³-hybridized carbons (Fsp3) is 0.524. The molecule has 0 amide bonds. The summed E-state index contributed by atoms with van der Waals surface area (Å²) in [4.78, 5) is 8.79. The lowest BCUT2D eigenvalue weighted by Gasteiger charge is -2.23. The molecule has 3 heterocycles. The molecule has 3 atom stereocenters. The van der Waals surface area contributed by atoms with E-state index in [1.165, 1.54) is 24.4 Å². The minimum absolute atomic E-state index is 0.111. The van der Waals surface area contributed by atoms with Gasteiger partial charge in [-0.2, -0.15) is 5.10 Å². The smallest absolute Gasteiger partial charge is 0.195 e. The Bertz CT molecular complexity index is 933. The maximum absolute atomic E-state index is 13.6. The highest BCUT2D eigenvalue weighted by Crippen LogP contribution is 2.59. The zero-order valence-corrected chi connectivity index (χ0v) is 17.6. The first-order valence-corrected chi connectivity index (χ1v) is 11.2. The lowest BCUT2D eigenvalue weighted by atomic mass is 9.95. The minimum Gasteiger partial charge on any atom is -0.440 e. The summed E-state index contributed by atoms with van der Waals surface area (Å²) in [5, 5.41) is 4.42. The summed E-state index contributed by atoms with van der Waals surface area (Å²) in [5.41, 5.74) is 5.54. The van der Waals surface area contributed by atoms with Crippen molar-refractivity contribution in [2.75, 3.05) is 32.4 Å². The maximum Gasteiger partial charge on any atom is 0.195 e. The van der Waals surface area contributed by atoms with Crippen LogP contribution in [0.15, 0.2) is 40.2 Å². The third-order valence-corrected chi connectivity index (χ3v) is 7.69. The molecule has 1 aromatic carbocycles. The Hall–Kier alpha value is -2.06. The van der Waals surface area contributed by atoms with Crippen LogP contribution in [0, 0.1) is 18.7 Å².